The molecule has 0 aliphatic rings. The number of benzene rings is 2. The Hall–Kier alpha value is -2.18. The quantitative estimate of drug-likeness (QED) is 0.361. The number of ether oxygens (including phenoxy) is 1. The lowest BCUT2D eigenvalue weighted by atomic mass is 10.1. The molecule has 0 atom stereocenters. The number of esters is 1. The van der Waals surface area contributed by atoms with Crippen LogP contribution in [0.4, 0.5) is 10.1 Å². The van der Waals surface area contributed by atoms with Crippen LogP contribution in [0.15, 0.2) is 36.4 Å². The molecule has 0 bridgehead atoms. The number of rotatable bonds is 4. The molecule has 0 spiro atoms. The van der Waals surface area contributed by atoms with Gasteiger partial charge in [0.05, 0.1) is 21.4 Å². The largest absolute Gasteiger partial charge is 0.419 e. The molecule has 0 fully saturated rings. The van der Waals surface area contributed by atoms with Crippen LogP contribution in [0.3, 0.4) is 0 Å². The van der Waals surface area contributed by atoms with E-state index >= 15 is 0 Å². The van der Waals surface area contributed by atoms with E-state index in [2.05, 4.69) is 0 Å². The molecule has 0 saturated carbocycles. The number of halogens is 3. The van der Waals surface area contributed by atoms with E-state index in [-0.39, 0.29) is 11.4 Å². The van der Waals surface area contributed by atoms with Gasteiger partial charge < -0.3 is 4.74 Å². The molecule has 5 nitrogen and oxygen atoms in total. The molecule has 8 heteroatoms. The van der Waals surface area contributed by atoms with Gasteiger partial charge in [0.25, 0.3) is 0 Å². The van der Waals surface area contributed by atoms with Gasteiger partial charge in [-0.25, -0.2) is 4.39 Å². The van der Waals surface area contributed by atoms with Gasteiger partial charge in [-0.2, -0.15) is 0 Å². The van der Waals surface area contributed by atoms with Crippen molar-refractivity contribution in [1.29, 1.82) is 0 Å². The fourth-order valence-corrected chi connectivity index (χ4v) is 2.02. The standard InChI is InChI=1S/C14H8Cl2FNO4/c15-10-3-1-8(5-11(10)16)6-14(19)22-13-7-9(17)2-4-12(13)18(20)21/h1-5,7H,6H2. The van der Waals surface area contributed by atoms with Crippen LogP contribution in [-0.2, 0) is 11.2 Å². The van der Waals surface area contributed by atoms with Crippen LogP contribution < -0.4 is 4.74 Å². The molecule has 0 heterocycles. The minimum Gasteiger partial charge on any atom is -0.419 e. The zero-order chi connectivity index (χ0) is 16.3. The summed E-state index contributed by atoms with van der Waals surface area (Å²) in [7, 11) is 0. The maximum absolute atomic E-state index is 13.1. The zero-order valence-electron chi connectivity index (χ0n) is 10.9. The Morgan fingerprint density at radius 3 is 2.55 bits per heavy atom. The molecule has 2 rings (SSSR count). The van der Waals surface area contributed by atoms with Gasteiger partial charge in [0.1, 0.15) is 5.82 Å². The highest BCUT2D eigenvalue weighted by Crippen LogP contribution is 2.28. The fourth-order valence-electron chi connectivity index (χ4n) is 1.70. The van der Waals surface area contributed by atoms with E-state index < -0.39 is 28.1 Å². The summed E-state index contributed by atoms with van der Waals surface area (Å²) in [5.74, 6) is -1.98. The van der Waals surface area contributed by atoms with Crippen LogP contribution in [0, 0.1) is 15.9 Å². The Morgan fingerprint density at radius 2 is 1.91 bits per heavy atom. The van der Waals surface area contributed by atoms with Crippen LogP contribution in [0.2, 0.25) is 10.0 Å². The number of carbonyl (C=O) groups excluding carboxylic acids is 1. The van der Waals surface area contributed by atoms with Crippen molar-refractivity contribution in [2.45, 2.75) is 6.42 Å². The number of hydrogen-bond acceptors (Lipinski definition) is 4. The number of nitrogens with zero attached hydrogens (tertiary/aromatic N) is 1. The molecule has 0 aliphatic heterocycles. The van der Waals surface area contributed by atoms with Gasteiger partial charge in [-0.15, -0.1) is 0 Å². The fraction of sp³-hybridized carbons (Fsp3) is 0.0714. The van der Waals surface area contributed by atoms with Crippen LogP contribution in [0.25, 0.3) is 0 Å². The summed E-state index contributed by atoms with van der Waals surface area (Å²) in [5.41, 5.74) is 0.0161. The Labute approximate surface area is 134 Å². The first-order valence-corrected chi connectivity index (χ1v) is 6.71. The SMILES string of the molecule is O=C(Cc1ccc(Cl)c(Cl)c1)Oc1cc(F)ccc1[N+](=O)[O-]. The maximum Gasteiger partial charge on any atom is 0.315 e. The average Bonchev–Trinajstić information content (AvgIpc) is 2.42. The summed E-state index contributed by atoms with van der Waals surface area (Å²) in [4.78, 5) is 21.9. The Balaban J connectivity index is 2.16. The number of hydrogen-bond donors (Lipinski definition) is 0. The molecule has 22 heavy (non-hydrogen) atoms. The van der Waals surface area contributed by atoms with Gasteiger partial charge in [-0.05, 0) is 23.8 Å². The van der Waals surface area contributed by atoms with Gasteiger partial charge >= 0.3 is 11.7 Å². The molecule has 2 aromatic carbocycles. The van der Waals surface area contributed by atoms with Crippen molar-refractivity contribution in [3.8, 4) is 5.75 Å². The van der Waals surface area contributed by atoms with E-state index in [1.54, 1.807) is 6.07 Å². The third-order valence-electron chi connectivity index (χ3n) is 2.67. The highest BCUT2D eigenvalue weighted by molar-refractivity contribution is 6.42. The van der Waals surface area contributed by atoms with E-state index in [9.17, 15) is 19.3 Å². The highest BCUT2D eigenvalue weighted by atomic mass is 35.5. The Kier molecular flexibility index (Phi) is 4.95. The lowest BCUT2D eigenvalue weighted by Gasteiger charge is -2.06. The summed E-state index contributed by atoms with van der Waals surface area (Å²) in [6.45, 7) is 0. The molecule has 0 aliphatic carbocycles. The molecule has 0 amide bonds. The molecule has 0 unspecified atom stereocenters. The van der Waals surface area contributed by atoms with Crippen molar-refractivity contribution in [3.63, 3.8) is 0 Å². The monoisotopic (exact) mass is 343 g/mol. The minimum atomic E-state index is -0.785. The van der Waals surface area contributed by atoms with Crippen molar-refractivity contribution >= 4 is 34.9 Å². The molecule has 0 aromatic heterocycles. The number of nitro groups is 1. The van der Waals surface area contributed by atoms with Crippen LogP contribution in [0.1, 0.15) is 5.56 Å². The lowest BCUT2D eigenvalue weighted by Crippen LogP contribution is -2.12. The topological polar surface area (TPSA) is 69.4 Å². The summed E-state index contributed by atoms with van der Waals surface area (Å²) in [6.07, 6.45) is -0.190. The molecule has 0 radical (unpaired) electrons. The maximum atomic E-state index is 13.1. The van der Waals surface area contributed by atoms with Crippen LogP contribution in [-0.4, -0.2) is 10.9 Å². The van der Waals surface area contributed by atoms with Gasteiger partial charge in [-0.3, -0.25) is 14.9 Å². The summed E-state index contributed by atoms with van der Waals surface area (Å²) in [5, 5.41) is 11.4. The molecular formula is C14H8Cl2FNO4. The van der Waals surface area contributed by atoms with Crippen molar-refractivity contribution in [1.82, 2.24) is 0 Å². The summed E-state index contributed by atoms with van der Waals surface area (Å²) in [6, 6.07) is 7.17. The summed E-state index contributed by atoms with van der Waals surface area (Å²) < 4.78 is 18.0. The number of carbonyl (C=O) groups is 1. The minimum absolute atomic E-state index is 0.190. The molecular weight excluding hydrogens is 336 g/mol. The second-order valence-electron chi connectivity index (χ2n) is 4.27. The van der Waals surface area contributed by atoms with E-state index in [0.717, 1.165) is 18.2 Å². The Morgan fingerprint density at radius 1 is 1.18 bits per heavy atom. The smallest absolute Gasteiger partial charge is 0.315 e. The normalized spacial score (nSPS) is 10.3. The molecule has 114 valence electrons. The molecule has 2 aromatic rings. The number of nitro benzene ring substituents is 1. The van der Waals surface area contributed by atoms with Crippen molar-refractivity contribution < 1.29 is 18.8 Å². The highest BCUT2D eigenvalue weighted by Gasteiger charge is 2.19. The Bertz CT molecular complexity index is 752. The van der Waals surface area contributed by atoms with Gasteiger partial charge in [-0.1, -0.05) is 29.3 Å². The van der Waals surface area contributed by atoms with E-state index in [0.29, 0.717) is 10.6 Å². The van der Waals surface area contributed by atoms with E-state index in [1.807, 2.05) is 0 Å². The summed E-state index contributed by atoms with van der Waals surface area (Å²) >= 11 is 11.6. The predicted octanol–water partition coefficient (Wildman–Crippen LogP) is 4.19. The first-order chi connectivity index (χ1) is 10.4. The van der Waals surface area contributed by atoms with E-state index in [4.69, 9.17) is 27.9 Å². The van der Waals surface area contributed by atoms with Gasteiger partial charge in [0.15, 0.2) is 0 Å². The predicted molar refractivity (Wildman–Crippen MR) is 78.9 cm³/mol. The van der Waals surface area contributed by atoms with Crippen molar-refractivity contribution in [2.24, 2.45) is 0 Å². The van der Waals surface area contributed by atoms with Crippen LogP contribution >= 0.6 is 23.2 Å². The third kappa shape index (κ3) is 3.93. The van der Waals surface area contributed by atoms with Crippen molar-refractivity contribution in [3.05, 3.63) is 67.9 Å². The third-order valence-corrected chi connectivity index (χ3v) is 3.41. The van der Waals surface area contributed by atoms with E-state index in [1.165, 1.54) is 12.1 Å². The first kappa shape index (κ1) is 16.2. The second kappa shape index (κ2) is 6.72. The van der Waals surface area contributed by atoms with Crippen LogP contribution in [0.5, 0.6) is 5.75 Å². The lowest BCUT2D eigenvalue weighted by molar-refractivity contribution is -0.385. The molecule has 0 saturated heterocycles. The first-order valence-electron chi connectivity index (χ1n) is 5.95. The van der Waals surface area contributed by atoms with Gasteiger partial charge in [0.2, 0.25) is 5.75 Å². The average molecular weight is 344 g/mol. The second-order valence-corrected chi connectivity index (χ2v) is 5.08. The van der Waals surface area contributed by atoms with Gasteiger partial charge in [0, 0.05) is 12.1 Å². The van der Waals surface area contributed by atoms with Crippen molar-refractivity contribution in [2.75, 3.05) is 0 Å². The molecule has 0 N–H and O–H groups in total. The zero-order valence-corrected chi connectivity index (χ0v) is 12.4.